The standard InChI is InChI=1S/C30H38N2O6/c1-3-5-6-18-38-24-12-10-22(11-13-24)27-26(28(33)23-8-7-9-25(21-23)37-4-2)29(34)30(35)32(27)15-14-31-16-19-36-20-17-31/h7-13,21,27,33H,3-6,14-20H2,1-2H3. The lowest BCUT2D eigenvalue weighted by Gasteiger charge is -2.31. The zero-order valence-electron chi connectivity index (χ0n) is 22.4. The van der Waals surface area contributed by atoms with Crippen LogP contribution in [0.2, 0.25) is 0 Å². The van der Waals surface area contributed by atoms with Gasteiger partial charge in [0.15, 0.2) is 0 Å². The third-order valence-electron chi connectivity index (χ3n) is 6.93. The first-order valence-electron chi connectivity index (χ1n) is 13.6. The van der Waals surface area contributed by atoms with Gasteiger partial charge in [-0.25, -0.2) is 0 Å². The lowest BCUT2D eigenvalue weighted by atomic mass is 9.95. The van der Waals surface area contributed by atoms with Gasteiger partial charge in [-0.15, -0.1) is 0 Å². The molecular weight excluding hydrogens is 484 g/mol. The molecule has 1 atom stereocenters. The van der Waals surface area contributed by atoms with Crippen LogP contribution in [-0.4, -0.2) is 79.2 Å². The summed E-state index contributed by atoms with van der Waals surface area (Å²) in [5.41, 5.74) is 1.26. The van der Waals surface area contributed by atoms with Crippen molar-refractivity contribution in [1.82, 2.24) is 9.80 Å². The highest BCUT2D eigenvalue weighted by molar-refractivity contribution is 6.46. The number of aliphatic hydroxyl groups excluding tert-OH is 1. The van der Waals surface area contributed by atoms with Crippen molar-refractivity contribution in [1.29, 1.82) is 0 Å². The number of amides is 1. The number of aliphatic hydroxyl groups is 1. The van der Waals surface area contributed by atoms with Crippen molar-refractivity contribution in [2.24, 2.45) is 0 Å². The predicted molar refractivity (Wildman–Crippen MR) is 145 cm³/mol. The second kappa shape index (κ2) is 13.4. The van der Waals surface area contributed by atoms with Crippen molar-refractivity contribution in [3.63, 3.8) is 0 Å². The van der Waals surface area contributed by atoms with Crippen LogP contribution in [0.25, 0.3) is 5.76 Å². The van der Waals surface area contributed by atoms with E-state index in [-0.39, 0.29) is 11.3 Å². The Morgan fingerprint density at radius 3 is 2.45 bits per heavy atom. The molecule has 2 aromatic rings. The predicted octanol–water partition coefficient (Wildman–Crippen LogP) is 4.41. The largest absolute Gasteiger partial charge is 0.507 e. The zero-order valence-corrected chi connectivity index (χ0v) is 22.4. The summed E-state index contributed by atoms with van der Waals surface area (Å²) < 4.78 is 16.9. The first-order valence-corrected chi connectivity index (χ1v) is 13.6. The van der Waals surface area contributed by atoms with Gasteiger partial charge in [-0.2, -0.15) is 0 Å². The van der Waals surface area contributed by atoms with Crippen molar-refractivity contribution in [3.05, 3.63) is 65.2 Å². The zero-order chi connectivity index (χ0) is 26.9. The Bertz CT molecular complexity index is 1120. The molecule has 2 aliphatic rings. The molecule has 204 valence electrons. The molecular formula is C30H38N2O6. The average molecular weight is 523 g/mol. The van der Waals surface area contributed by atoms with Gasteiger partial charge in [-0.05, 0) is 43.2 Å². The molecule has 0 aromatic heterocycles. The third kappa shape index (κ3) is 6.55. The first kappa shape index (κ1) is 27.7. The number of ether oxygens (including phenoxy) is 3. The van der Waals surface area contributed by atoms with Gasteiger partial charge in [0.25, 0.3) is 11.7 Å². The molecule has 2 heterocycles. The molecule has 1 N–H and O–H groups in total. The molecule has 2 saturated heterocycles. The molecule has 8 nitrogen and oxygen atoms in total. The monoisotopic (exact) mass is 522 g/mol. The summed E-state index contributed by atoms with van der Waals surface area (Å²) in [7, 11) is 0. The fraction of sp³-hybridized carbons (Fsp3) is 0.467. The van der Waals surface area contributed by atoms with Crippen molar-refractivity contribution >= 4 is 17.4 Å². The molecule has 0 aliphatic carbocycles. The van der Waals surface area contributed by atoms with Crippen molar-refractivity contribution in [2.45, 2.75) is 39.2 Å². The number of benzene rings is 2. The molecule has 2 aromatic carbocycles. The number of likely N-dealkylation sites (tertiary alicyclic amines) is 1. The fourth-order valence-electron chi connectivity index (χ4n) is 4.87. The van der Waals surface area contributed by atoms with Crippen LogP contribution in [0, 0.1) is 0 Å². The van der Waals surface area contributed by atoms with Gasteiger partial charge in [0, 0.05) is 31.7 Å². The van der Waals surface area contributed by atoms with Crippen LogP contribution >= 0.6 is 0 Å². The number of hydrogen-bond acceptors (Lipinski definition) is 7. The van der Waals surface area contributed by atoms with Crippen molar-refractivity contribution in [2.75, 3.05) is 52.6 Å². The Morgan fingerprint density at radius 1 is 0.974 bits per heavy atom. The number of rotatable bonds is 12. The Morgan fingerprint density at radius 2 is 1.74 bits per heavy atom. The highest BCUT2D eigenvalue weighted by atomic mass is 16.5. The molecule has 0 saturated carbocycles. The molecule has 0 spiro atoms. The van der Waals surface area contributed by atoms with Crippen molar-refractivity contribution < 1.29 is 28.9 Å². The van der Waals surface area contributed by atoms with Gasteiger partial charge in [0.1, 0.15) is 17.3 Å². The summed E-state index contributed by atoms with van der Waals surface area (Å²) in [5.74, 6) is -0.177. The highest BCUT2D eigenvalue weighted by Gasteiger charge is 2.46. The normalized spacial score (nSPS) is 19.6. The minimum Gasteiger partial charge on any atom is -0.507 e. The molecule has 1 amide bonds. The second-order valence-corrected chi connectivity index (χ2v) is 9.53. The summed E-state index contributed by atoms with van der Waals surface area (Å²) in [5, 5.41) is 11.4. The van der Waals surface area contributed by atoms with Crippen LogP contribution in [-0.2, 0) is 14.3 Å². The van der Waals surface area contributed by atoms with Gasteiger partial charge < -0.3 is 24.2 Å². The number of carbonyl (C=O) groups excluding carboxylic acids is 2. The number of unbranched alkanes of at least 4 members (excludes halogenated alkanes) is 2. The summed E-state index contributed by atoms with van der Waals surface area (Å²) in [6.07, 6.45) is 3.22. The van der Waals surface area contributed by atoms with Crippen LogP contribution < -0.4 is 9.47 Å². The molecule has 2 fully saturated rings. The van der Waals surface area contributed by atoms with Gasteiger partial charge >= 0.3 is 0 Å². The van der Waals surface area contributed by atoms with E-state index in [0.717, 1.165) is 43.7 Å². The number of nitrogens with zero attached hydrogens (tertiary/aromatic N) is 2. The van der Waals surface area contributed by atoms with Crippen LogP contribution in [0.3, 0.4) is 0 Å². The summed E-state index contributed by atoms with van der Waals surface area (Å²) in [6.45, 7) is 8.99. The van der Waals surface area contributed by atoms with E-state index in [1.165, 1.54) is 0 Å². The Labute approximate surface area is 224 Å². The summed E-state index contributed by atoms with van der Waals surface area (Å²) in [6, 6.07) is 13.7. The van der Waals surface area contributed by atoms with E-state index < -0.39 is 17.7 Å². The number of Topliss-reactive ketones (excluding diaryl/α,β-unsaturated/α-hetero) is 1. The topological polar surface area (TPSA) is 88.5 Å². The van der Waals surface area contributed by atoms with E-state index in [2.05, 4.69) is 11.8 Å². The Hall–Kier alpha value is -3.36. The molecule has 1 unspecified atom stereocenters. The maximum Gasteiger partial charge on any atom is 0.295 e. The van der Waals surface area contributed by atoms with Crippen LogP contribution in [0.5, 0.6) is 11.5 Å². The average Bonchev–Trinajstić information content (AvgIpc) is 3.20. The van der Waals surface area contributed by atoms with Gasteiger partial charge in [-0.3, -0.25) is 14.5 Å². The third-order valence-corrected chi connectivity index (χ3v) is 6.93. The van der Waals surface area contributed by atoms with E-state index in [4.69, 9.17) is 14.2 Å². The smallest absolute Gasteiger partial charge is 0.295 e. The molecule has 38 heavy (non-hydrogen) atoms. The van der Waals surface area contributed by atoms with Gasteiger partial charge in [0.05, 0.1) is 38.0 Å². The minimum absolute atomic E-state index is 0.0854. The summed E-state index contributed by atoms with van der Waals surface area (Å²) >= 11 is 0. The maximum absolute atomic E-state index is 13.3. The van der Waals surface area contributed by atoms with E-state index >= 15 is 0 Å². The molecule has 4 rings (SSSR count). The maximum atomic E-state index is 13.3. The number of hydrogen-bond donors (Lipinski definition) is 1. The number of carbonyl (C=O) groups is 2. The van der Waals surface area contributed by atoms with Gasteiger partial charge in [0.2, 0.25) is 0 Å². The minimum atomic E-state index is -0.707. The second-order valence-electron chi connectivity index (χ2n) is 9.53. The van der Waals surface area contributed by atoms with E-state index in [9.17, 15) is 14.7 Å². The van der Waals surface area contributed by atoms with E-state index in [0.29, 0.717) is 50.8 Å². The summed E-state index contributed by atoms with van der Waals surface area (Å²) in [4.78, 5) is 30.4. The quantitative estimate of drug-likeness (QED) is 0.191. The molecule has 2 aliphatic heterocycles. The lowest BCUT2D eigenvalue weighted by molar-refractivity contribution is -0.140. The fourth-order valence-corrected chi connectivity index (χ4v) is 4.87. The van der Waals surface area contributed by atoms with Crippen LogP contribution in [0.4, 0.5) is 0 Å². The molecule has 0 bridgehead atoms. The highest BCUT2D eigenvalue weighted by Crippen LogP contribution is 2.40. The van der Waals surface area contributed by atoms with E-state index in [1.54, 1.807) is 29.2 Å². The van der Waals surface area contributed by atoms with Crippen LogP contribution in [0.15, 0.2) is 54.1 Å². The SMILES string of the molecule is CCCCCOc1ccc(C2C(=C(O)c3cccc(OCC)c3)C(=O)C(=O)N2CCN2CCOCC2)cc1. The number of morpholine rings is 1. The van der Waals surface area contributed by atoms with Crippen molar-refractivity contribution in [3.8, 4) is 11.5 Å². The Balaban J connectivity index is 1.66. The van der Waals surface area contributed by atoms with Crippen LogP contribution in [0.1, 0.15) is 50.3 Å². The molecule has 0 radical (unpaired) electrons. The lowest BCUT2D eigenvalue weighted by Crippen LogP contribution is -2.42. The first-order chi connectivity index (χ1) is 18.5. The van der Waals surface area contributed by atoms with Gasteiger partial charge in [-0.1, -0.05) is 44.0 Å². The van der Waals surface area contributed by atoms with E-state index in [1.807, 2.05) is 31.2 Å². The Kier molecular flexibility index (Phi) is 9.79. The molecule has 8 heteroatoms. The number of ketones is 1.